The first-order valence-corrected chi connectivity index (χ1v) is 5.23. The van der Waals surface area contributed by atoms with Gasteiger partial charge in [0.25, 0.3) is 0 Å². The average molecular weight is 222 g/mol. The van der Waals surface area contributed by atoms with E-state index in [9.17, 15) is 4.79 Å². The van der Waals surface area contributed by atoms with Gasteiger partial charge in [0, 0.05) is 0 Å². The molecule has 0 radical (unpaired) electrons. The molecule has 1 N–H and O–H groups in total. The van der Waals surface area contributed by atoms with Gasteiger partial charge in [-0.25, -0.2) is 4.79 Å². The fourth-order valence-corrected chi connectivity index (χ4v) is 1.69. The quantitative estimate of drug-likeness (QED) is 0.848. The van der Waals surface area contributed by atoms with E-state index in [1.807, 2.05) is 26.0 Å². The number of ether oxygens (including phenoxy) is 2. The number of cyclic esters (lactones) is 1. The van der Waals surface area contributed by atoms with Crippen LogP contribution in [0.25, 0.3) is 0 Å². The standard InChI is InChI=1S/C12H15NO3/c1-8-3-9(2)5-10(4-8)15-7-11-6-13-12(14)16-11/h3-5,11H,6-7H2,1-2H3,(H,13,14)/i/hD. The second-order valence-corrected chi connectivity index (χ2v) is 3.98. The SMILES string of the molecule is [2H]N1CC(COc2cc(C)cc(C)c2)OC1=O. The highest BCUT2D eigenvalue weighted by molar-refractivity contribution is 5.69. The molecule has 0 bridgehead atoms. The Morgan fingerprint density at radius 1 is 1.50 bits per heavy atom. The Labute approximate surface area is 96.0 Å². The van der Waals surface area contributed by atoms with E-state index >= 15 is 0 Å². The Kier molecular flexibility index (Phi) is 2.63. The third-order valence-corrected chi connectivity index (χ3v) is 2.32. The van der Waals surface area contributed by atoms with Gasteiger partial charge < -0.3 is 14.8 Å². The fourth-order valence-electron chi connectivity index (χ4n) is 1.69. The summed E-state index contributed by atoms with van der Waals surface area (Å²) in [7, 11) is 0. The van der Waals surface area contributed by atoms with Crippen LogP contribution in [0, 0.1) is 13.8 Å². The lowest BCUT2D eigenvalue weighted by atomic mass is 10.1. The van der Waals surface area contributed by atoms with Gasteiger partial charge in [-0.3, -0.25) is 0 Å². The summed E-state index contributed by atoms with van der Waals surface area (Å²) >= 11 is 0. The predicted octanol–water partition coefficient (Wildman–Crippen LogP) is 1.79. The number of hydrogen-bond acceptors (Lipinski definition) is 3. The molecular weight excluding hydrogens is 206 g/mol. The number of carbonyl (C=O) groups is 1. The summed E-state index contributed by atoms with van der Waals surface area (Å²) in [5.74, 6) is 0.766. The highest BCUT2D eigenvalue weighted by Crippen LogP contribution is 2.16. The van der Waals surface area contributed by atoms with Gasteiger partial charge >= 0.3 is 6.09 Å². The number of hydrogen-bond donors (Lipinski definition) is 1. The summed E-state index contributed by atoms with van der Waals surface area (Å²) in [6.07, 6.45) is -0.972. The molecular formula is C12H15NO3. The maximum absolute atomic E-state index is 11.0. The third-order valence-electron chi connectivity index (χ3n) is 2.32. The summed E-state index contributed by atoms with van der Waals surface area (Å²) in [5, 5.41) is 0.801. The number of carbonyl (C=O) groups excluding carboxylic acids is 1. The van der Waals surface area contributed by atoms with Crippen LogP contribution < -0.4 is 10.0 Å². The van der Waals surface area contributed by atoms with Gasteiger partial charge in [0.2, 0.25) is 0 Å². The van der Waals surface area contributed by atoms with E-state index in [2.05, 4.69) is 6.07 Å². The Hall–Kier alpha value is -1.71. The molecule has 4 heteroatoms. The molecule has 0 aromatic heterocycles. The number of rotatable bonds is 3. The van der Waals surface area contributed by atoms with E-state index < -0.39 is 6.09 Å². The van der Waals surface area contributed by atoms with Crippen molar-refractivity contribution >= 4 is 6.09 Å². The topological polar surface area (TPSA) is 47.6 Å². The van der Waals surface area contributed by atoms with Crippen LogP contribution in [0.3, 0.4) is 0 Å². The smallest absolute Gasteiger partial charge is 0.407 e. The van der Waals surface area contributed by atoms with Crippen LogP contribution in [0.2, 0.25) is 1.41 Å². The highest BCUT2D eigenvalue weighted by Gasteiger charge is 2.22. The zero-order valence-corrected chi connectivity index (χ0v) is 9.40. The lowest BCUT2D eigenvalue weighted by Crippen LogP contribution is -2.21. The first-order chi connectivity index (χ1) is 8.04. The Morgan fingerprint density at radius 2 is 2.19 bits per heavy atom. The van der Waals surface area contributed by atoms with Crippen LogP contribution in [0.5, 0.6) is 5.75 Å². The maximum atomic E-state index is 11.0. The number of aryl methyl sites for hydroxylation is 2. The Morgan fingerprint density at radius 3 is 2.75 bits per heavy atom. The van der Waals surface area contributed by atoms with Crippen LogP contribution in [0.4, 0.5) is 4.79 Å². The molecule has 1 aliphatic rings. The summed E-state index contributed by atoms with van der Waals surface area (Å²) in [4.78, 5) is 11.0. The number of amides is 1. The van der Waals surface area contributed by atoms with Gasteiger partial charge in [0.15, 0.2) is 7.52 Å². The Bertz CT molecular complexity index is 416. The molecule has 1 aromatic rings. The van der Waals surface area contributed by atoms with Crippen LogP contribution in [-0.4, -0.2) is 25.3 Å². The van der Waals surface area contributed by atoms with Gasteiger partial charge in [0.05, 0.1) is 6.54 Å². The molecule has 1 amide bonds. The van der Waals surface area contributed by atoms with Crippen molar-refractivity contribution in [2.75, 3.05) is 13.2 Å². The summed E-state index contributed by atoms with van der Waals surface area (Å²) in [6.45, 7) is 4.54. The van der Waals surface area contributed by atoms with Crippen molar-refractivity contribution in [3.8, 4) is 5.75 Å². The molecule has 1 unspecified atom stereocenters. The van der Waals surface area contributed by atoms with Gasteiger partial charge in [-0.1, -0.05) is 6.07 Å². The molecule has 0 spiro atoms. The van der Waals surface area contributed by atoms with Crippen molar-refractivity contribution < 1.29 is 15.7 Å². The maximum Gasteiger partial charge on any atom is 0.407 e. The van der Waals surface area contributed by atoms with Crippen molar-refractivity contribution in [1.82, 2.24) is 5.31 Å². The second-order valence-electron chi connectivity index (χ2n) is 3.98. The van der Waals surface area contributed by atoms with Crippen LogP contribution in [0.15, 0.2) is 18.2 Å². The Balaban J connectivity index is 1.92. The number of nitrogens with one attached hydrogen (secondary N) is 1. The normalized spacial score (nSPS) is 20.6. The summed E-state index contributed by atoms with van der Waals surface area (Å²) in [5.41, 5.74) is 2.26. The van der Waals surface area contributed by atoms with E-state index in [1.54, 1.807) is 0 Å². The molecule has 2 rings (SSSR count). The lowest BCUT2D eigenvalue weighted by Gasteiger charge is -2.11. The van der Waals surface area contributed by atoms with Crippen molar-refractivity contribution in [1.29, 1.82) is 0 Å². The molecule has 1 heterocycles. The van der Waals surface area contributed by atoms with Crippen molar-refractivity contribution in [2.24, 2.45) is 0 Å². The van der Waals surface area contributed by atoms with Crippen LogP contribution in [0.1, 0.15) is 11.1 Å². The highest BCUT2D eigenvalue weighted by atomic mass is 16.6. The van der Waals surface area contributed by atoms with Gasteiger partial charge in [-0.15, -0.1) is 0 Å². The van der Waals surface area contributed by atoms with Crippen LogP contribution >= 0.6 is 0 Å². The van der Waals surface area contributed by atoms with E-state index in [0.717, 1.165) is 22.2 Å². The molecule has 1 aliphatic heterocycles. The summed E-state index contributed by atoms with van der Waals surface area (Å²) in [6, 6.07) is 5.93. The molecule has 1 atom stereocenters. The van der Waals surface area contributed by atoms with E-state index in [1.165, 1.54) is 0 Å². The first kappa shape index (κ1) is 9.51. The van der Waals surface area contributed by atoms with E-state index in [4.69, 9.17) is 10.9 Å². The lowest BCUT2D eigenvalue weighted by molar-refractivity contribution is 0.105. The molecule has 4 nitrogen and oxygen atoms in total. The molecule has 0 aliphatic carbocycles. The van der Waals surface area contributed by atoms with E-state index in [0.29, 0.717) is 0 Å². The number of alkyl carbamates (subject to hydrolysis) is 1. The van der Waals surface area contributed by atoms with Gasteiger partial charge in [-0.05, 0) is 37.1 Å². The first-order valence-electron chi connectivity index (χ1n) is 5.67. The van der Waals surface area contributed by atoms with Crippen LogP contribution in [-0.2, 0) is 4.74 Å². The van der Waals surface area contributed by atoms with Crippen molar-refractivity contribution in [3.63, 3.8) is 0 Å². The zero-order chi connectivity index (χ0) is 12.4. The zero-order valence-electron chi connectivity index (χ0n) is 10.4. The monoisotopic (exact) mass is 222 g/mol. The number of benzene rings is 1. The van der Waals surface area contributed by atoms with E-state index in [-0.39, 0.29) is 19.3 Å². The molecule has 86 valence electrons. The van der Waals surface area contributed by atoms with Crippen molar-refractivity contribution in [2.45, 2.75) is 20.0 Å². The minimum absolute atomic E-state index is 0.254. The predicted molar refractivity (Wildman–Crippen MR) is 59.7 cm³/mol. The van der Waals surface area contributed by atoms with Gasteiger partial charge in [0.1, 0.15) is 12.4 Å². The molecule has 1 aromatic carbocycles. The van der Waals surface area contributed by atoms with Gasteiger partial charge in [-0.2, -0.15) is 0 Å². The average Bonchev–Trinajstić information content (AvgIpc) is 2.54. The molecule has 16 heavy (non-hydrogen) atoms. The molecule has 1 fully saturated rings. The molecule has 0 saturated carbocycles. The fraction of sp³-hybridized carbons (Fsp3) is 0.417. The molecule has 1 saturated heterocycles. The summed E-state index contributed by atoms with van der Waals surface area (Å²) < 4.78 is 17.7. The van der Waals surface area contributed by atoms with Crippen molar-refractivity contribution in [3.05, 3.63) is 29.3 Å². The minimum atomic E-state index is -0.612. The largest absolute Gasteiger partial charge is 0.490 e. The third kappa shape index (κ3) is 2.66. The second kappa shape index (κ2) is 4.43. The minimum Gasteiger partial charge on any atom is -0.490 e.